The summed E-state index contributed by atoms with van der Waals surface area (Å²) in [6, 6.07) is 0. The molecule has 4 heteroatoms. The van der Waals surface area contributed by atoms with E-state index in [9.17, 15) is 5.11 Å². The van der Waals surface area contributed by atoms with Crippen molar-refractivity contribution in [1.82, 2.24) is 10.3 Å². The second-order valence-corrected chi connectivity index (χ2v) is 8.37. The third-order valence-electron chi connectivity index (χ3n) is 2.82. The Hall–Kier alpha value is -0.450. The van der Waals surface area contributed by atoms with E-state index in [0.717, 1.165) is 23.7 Å². The van der Waals surface area contributed by atoms with E-state index in [1.54, 1.807) is 11.3 Å². The van der Waals surface area contributed by atoms with Crippen molar-refractivity contribution in [3.05, 3.63) is 16.1 Å². The van der Waals surface area contributed by atoms with Gasteiger partial charge in [0.15, 0.2) is 0 Å². The average Bonchev–Trinajstić information content (AvgIpc) is 2.62. The van der Waals surface area contributed by atoms with Crippen molar-refractivity contribution in [2.75, 3.05) is 6.54 Å². The number of nitrogens with zero attached hydrogens (tertiary/aromatic N) is 1. The number of rotatable bonds is 5. The highest BCUT2D eigenvalue weighted by Crippen LogP contribution is 2.24. The van der Waals surface area contributed by atoms with Crippen molar-refractivity contribution in [1.29, 1.82) is 0 Å². The lowest BCUT2D eigenvalue weighted by Gasteiger charge is -2.22. The molecule has 1 atom stereocenters. The molecule has 0 spiro atoms. The van der Waals surface area contributed by atoms with Gasteiger partial charge in [-0.25, -0.2) is 4.98 Å². The van der Waals surface area contributed by atoms with Gasteiger partial charge in [0.25, 0.3) is 0 Å². The molecule has 0 saturated carbocycles. The molecular formula is C15H28N2OS. The van der Waals surface area contributed by atoms with E-state index in [0.29, 0.717) is 6.54 Å². The Morgan fingerprint density at radius 3 is 2.37 bits per heavy atom. The second-order valence-electron chi connectivity index (χ2n) is 7.43. The molecule has 0 radical (unpaired) electrons. The Morgan fingerprint density at radius 1 is 1.26 bits per heavy atom. The number of aliphatic hydroxyl groups is 1. The molecule has 2 N–H and O–H groups in total. The van der Waals surface area contributed by atoms with E-state index in [2.05, 4.69) is 57.2 Å². The van der Waals surface area contributed by atoms with E-state index < -0.39 is 0 Å². The van der Waals surface area contributed by atoms with Gasteiger partial charge in [-0.2, -0.15) is 0 Å². The highest BCUT2D eigenvalue weighted by Gasteiger charge is 2.18. The van der Waals surface area contributed by atoms with E-state index >= 15 is 0 Å². The summed E-state index contributed by atoms with van der Waals surface area (Å²) in [5.41, 5.74) is 1.42. The van der Waals surface area contributed by atoms with Crippen LogP contribution in [0, 0.1) is 5.41 Å². The van der Waals surface area contributed by atoms with Crippen molar-refractivity contribution < 1.29 is 5.11 Å². The minimum absolute atomic E-state index is 0.112. The van der Waals surface area contributed by atoms with Crippen LogP contribution in [0.1, 0.15) is 58.7 Å². The average molecular weight is 284 g/mol. The molecule has 1 unspecified atom stereocenters. The number of hydrogen-bond donors (Lipinski definition) is 2. The molecule has 19 heavy (non-hydrogen) atoms. The van der Waals surface area contributed by atoms with Crippen LogP contribution in [0.15, 0.2) is 5.38 Å². The number of aromatic nitrogens is 1. The summed E-state index contributed by atoms with van der Waals surface area (Å²) in [6.45, 7) is 14.3. The summed E-state index contributed by atoms with van der Waals surface area (Å²) in [5.74, 6) is 0. The quantitative estimate of drug-likeness (QED) is 0.872. The van der Waals surface area contributed by atoms with Crippen LogP contribution in [0.4, 0.5) is 0 Å². The number of thiazole rings is 1. The third kappa shape index (κ3) is 6.50. The highest BCUT2D eigenvalue weighted by atomic mass is 32.1. The lowest BCUT2D eigenvalue weighted by Crippen LogP contribution is -2.29. The minimum atomic E-state index is -0.290. The highest BCUT2D eigenvalue weighted by molar-refractivity contribution is 7.09. The molecule has 0 aliphatic rings. The van der Waals surface area contributed by atoms with Crippen LogP contribution in [0.25, 0.3) is 0 Å². The van der Waals surface area contributed by atoms with Gasteiger partial charge in [-0.05, 0) is 11.8 Å². The molecule has 0 fully saturated rings. The monoisotopic (exact) mass is 284 g/mol. The SMILES string of the molecule is CC(C)(C)CC(O)CNCc1nc(C(C)(C)C)cs1. The summed E-state index contributed by atoms with van der Waals surface area (Å²) >= 11 is 1.69. The predicted molar refractivity (Wildman–Crippen MR) is 82.6 cm³/mol. The van der Waals surface area contributed by atoms with Crippen LogP contribution in [0.5, 0.6) is 0 Å². The maximum absolute atomic E-state index is 9.92. The van der Waals surface area contributed by atoms with Crippen LogP contribution in [-0.4, -0.2) is 22.7 Å². The Morgan fingerprint density at radius 2 is 1.89 bits per heavy atom. The van der Waals surface area contributed by atoms with Gasteiger partial charge in [0.05, 0.1) is 11.8 Å². The Bertz CT molecular complexity index is 388. The van der Waals surface area contributed by atoms with Gasteiger partial charge in [0.1, 0.15) is 5.01 Å². The molecule has 1 aromatic heterocycles. The molecule has 0 bridgehead atoms. The van der Waals surface area contributed by atoms with Crippen LogP contribution in [0.3, 0.4) is 0 Å². The normalized spacial score (nSPS) is 14.7. The number of nitrogens with one attached hydrogen (secondary N) is 1. The van der Waals surface area contributed by atoms with E-state index in [4.69, 9.17) is 0 Å². The molecule has 110 valence electrons. The van der Waals surface area contributed by atoms with Gasteiger partial charge in [-0.15, -0.1) is 11.3 Å². The van der Waals surface area contributed by atoms with Crippen molar-refractivity contribution in [2.45, 2.75) is 66.0 Å². The Kier molecular flexibility index (Phi) is 5.53. The second kappa shape index (κ2) is 6.33. The zero-order chi connectivity index (χ0) is 14.7. The molecule has 0 aliphatic heterocycles. The number of hydrogen-bond acceptors (Lipinski definition) is 4. The summed E-state index contributed by atoms with van der Waals surface area (Å²) in [7, 11) is 0. The molecule has 0 aromatic carbocycles. The summed E-state index contributed by atoms with van der Waals surface area (Å²) in [6.07, 6.45) is 0.521. The lowest BCUT2D eigenvalue weighted by atomic mass is 9.89. The first kappa shape index (κ1) is 16.6. The fourth-order valence-corrected chi connectivity index (χ4v) is 2.85. The minimum Gasteiger partial charge on any atom is -0.392 e. The van der Waals surface area contributed by atoms with Gasteiger partial charge < -0.3 is 10.4 Å². The maximum atomic E-state index is 9.92. The summed E-state index contributed by atoms with van der Waals surface area (Å²) in [5, 5.41) is 16.4. The standard InChI is InChI=1S/C15H28N2OS/c1-14(2,3)7-11(18)8-16-9-13-17-12(10-19-13)15(4,5)6/h10-11,16,18H,7-9H2,1-6H3. The van der Waals surface area contributed by atoms with Crippen LogP contribution < -0.4 is 5.32 Å². The molecule has 3 nitrogen and oxygen atoms in total. The molecule has 0 aliphatic carbocycles. The molecule has 1 rings (SSSR count). The molecular weight excluding hydrogens is 256 g/mol. The molecule has 1 heterocycles. The largest absolute Gasteiger partial charge is 0.392 e. The predicted octanol–water partition coefficient (Wildman–Crippen LogP) is 3.33. The first-order valence-corrected chi connectivity index (χ1v) is 7.79. The fraction of sp³-hybridized carbons (Fsp3) is 0.800. The molecule has 1 aromatic rings. The Labute approximate surface area is 121 Å². The van der Waals surface area contributed by atoms with E-state index in [1.807, 2.05) is 0 Å². The van der Waals surface area contributed by atoms with Gasteiger partial charge >= 0.3 is 0 Å². The third-order valence-corrected chi connectivity index (χ3v) is 3.67. The summed E-state index contributed by atoms with van der Waals surface area (Å²) < 4.78 is 0. The van der Waals surface area contributed by atoms with Crippen molar-refractivity contribution >= 4 is 11.3 Å². The van der Waals surface area contributed by atoms with Gasteiger partial charge in [0.2, 0.25) is 0 Å². The van der Waals surface area contributed by atoms with Crippen molar-refractivity contribution in [3.63, 3.8) is 0 Å². The maximum Gasteiger partial charge on any atom is 0.107 e. The van der Waals surface area contributed by atoms with Crippen LogP contribution in [0.2, 0.25) is 0 Å². The van der Waals surface area contributed by atoms with Gasteiger partial charge in [-0.1, -0.05) is 41.5 Å². The number of aliphatic hydroxyl groups excluding tert-OH is 1. The van der Waals surface area contributed by atoms with Gasteiger partial charge in [0, 0.05) is 23.9 Å². The van der Waals surface area contributed by atoms with E-state index in [-0.39, 0.29) is 16.9 Å². The van der Waals surface area contributed by atoms with Gasteiger partial charge in [-0.3, -0.25) is 0 Å². The lowest BCUT2D eigenvalue weighted by molar-refractivity contribution is 0.119. The Balaban J connectivity index is 2.36. The van der Waals surface area contributed by atoms with Crippen LogP contribution >= 0.6 is 11.3 Å². The van der Waals surface area contributed by atoms with Crippen molar-refractivity contribution in [2.24, 2.45) is 5.41 Å². The smallest absolute Gasteiger partial charge is 0.107 e. The topological polar surface area (TPSA) is 45.1 Å². The zero-order valence-corrected chi connectivity index (χ0v) is 13.9. The van der Waals surface area contributed by atoms with E-state index in [1.165, 1.54) is 0 Å². The fourth-order valence-electron chi connectivity index (χ4n) is 1.86. The zero-order valence-electron chi connectivity index (χ0n) is 13.1. The van der Waals surface area contributed by atoms with Crippen LogP contribution in [-0.2, 0) is 12.0 Å². The first-order valence-electron chi connectivity index (χ1n) is 6.91. The summed E-state index contributed by atoms with van der Waals surface area (Å²) in [4.78, 5) is 4.63. The van der Waals surface area contributed by atoms with Crippen molar-refractivity contribution in [3.8, 4) is 0 Å². The molecule has 0 saturated heterocycles. The first-order chi connectivity index (χ1) is 8.58. The molecule has 0 amide bonds.